The van der Waals surface area contributed by atoms with Crippen LogP contribution in [0.5, 0.6) is 0 Å². The molecular weight excluding hydrogens is 771 g/mol. The van der Waals surface area contributed by atoms with E-state index in [1.807, 2.05) is 0 Å². The van der Waals surface area contributed by atoms with Crippen LogP contribution in [0.4, 0.5) is 28.4 Å². The lowest BCUT2D eigenvalue weighted by molar-refractivity contribution is 0.590. The van der Waals surface area contributed by atoms with Gasteiger partial charge >= 0.3 is 0 Å². The average Bonchev–Trinajstić information content (AvgIpc) is 3.65. The number of rotatable bonds is 4. The highest BCUT2D eigenvalue weighted by atomic mass is 15.2. The van der Waals surface area contributed by atoms with Crippen LogP contribution in [0, 0.1) is 6.92 Å². The molecule has 0 saturated heterocycles. The monoisotopic (exact) mass is 824 g/mol. The Morgan fingerprint density at radius 3 is 1.80 bits per heavy atom. The summed E-state index contributed by atoms with van der Waals surface area (Å²) in [7, 11) is 0.813. The van der Waals surface area contributed by atoms with Crippen molar-refractivity contribution in [2.75, 3.05) is 10.2 Å². The van der Waals surface area contributed by atoms with Gasteiger partial charge in [-0.15, -0.1) is 0 Å². The van der Waals surface area contributed by atoms with Gasteiger partial charge in [-0.1, -0.05) is 175 Å². The van der Waals surface area contributed by atoms with Crippen LogP contribution in [0.15, 0.2) is 164 Å². The summed E-state index contributed by atoms with van der Waals surface area (Å²) in [6.07, 6.45) is 0. The van der Waals surface area contributed by atoms with E-state index in [0.29, 0.717) is 0 Å². The summed E-state index contributed by atoms with van der Waals surface area (Å²) >= 11 is 0. The molecule has 0 bridgehead atoms. The molecule has 2 aliphatic carbocycles. The van der Waals surface area contributed by atoms with E-state index in [4.69, 9.17) is 0 Å². The van der Waals surface area contributed by atoms with Crippen LogP contribution < -0.4 is 21.1 Å². The van der Waals surface area contributed by atoms with Crippen LogP contribution in [-0.2, 0) is 16.2 Å². The highest BCUT2D eigenvalue weighted by Crippen LogP contribution is 2.53. The van der Waals surface area contributed by atoms with Gasteiger partial charge in [0.15, 0.2) is 7.28 Å². The second-order valence-corrected chi connectivity index (χ2v) is 20.7. The third-order valence-corrected chi connectivity index (χ3v) is 15.1. The molecule has 310 valence electrons. The Hall–Kier alpha value is -6.84. The van der Waals surface area contributed by atoms with Crippen molar-refractivity contribution in [3.8, 4) is 33.4 Å². The SMILES string of the molecule is Cc1cc(C(C)(C)C)ccc1N1c2cc3c(cc2Bc2c1cc1ccccc1c2-c1cc2ccccc2cc1Nc1ccc2c(c1)-c1ccccc1C2(C)C)-c1ccccc1C3(C)C. The van der Waals surface area contributed by atoms with Crippen molar-refractivity contribution in [3.63, 3.8) is 0 Å². The van der Waals surface area contributed by atoms with Gasteiger partial charge in [-0.2, -0.15) is 0 Å². The number of hydrogen-bond acceptors (Lipinski definition) is 2. The zero-order valence-corrected chi connectivity index (χ0v) is 38.2. The van der Waals surface area contributed by atoms with Gasteiger partial charge in [0.1, 0.15) is 0 Å². The van der Waals surface area contributed by atoms with Crippen LogP contribution in [0.3, 0.4) is 0 Å². The lowest BCUT2D eigenvalue weighted by atomic mass is 9.57. The Balaban J connectivity index is 1.12. The third-order valence-electron chi connectivity index (χ3n) is 15.1. The molecule has 12 rings (SSSR count). The van der Waals surface area contributed by atoms with Crippen LogP contribution in [0.2, 0.25) is 0 Å². The van der Waals surface area contributed by atoms with E-state index in [1.54, 1.807) is 0 Å². The Bertz CT molecular complexity index is 3450. The maximum absolute atomic E-state index is 4.05. The molecule has 0 unspecified atom stereocenters. The molecule has 2 nitrogen and oxygen atoms in total. The number of benzene rings is 9. The van der Waals surface area contributed by atoms with Crippen molar-refractivity contribution in [1.82, 2.24) is 0 Å². The van der Waals surface area contributed by atoms with E-state index < -0.39 is 0 Å². The number of hydrogen-bond donors (Lipinski definition) is 1. The standard InChI is InChI=1S/C61H53BN2/c1-36-29-40(59(2,3)4)25-28-54(36)64-55-35-51-46(44-22-14-16-24-49(44)61(51,7)8)34-52(55)62-58-56(64)32-39-19-11-12-20-42(39)57(58)47-30-37-17-9-10-18-38(37)31-53(47)63-41-26-27-50-45(33-41)43-21-13-15-23-48(43)60(50,5)6/h9-35,62-63H,1-8H3. The molecule has 1 heterocycles. The van der Waals surface area contributed by atoms with Crippen LogP contribution in [-0.4, -0.2) is 7.28 Å². The van der Waals surface area contributed by atoms with Crippen molar-refractivity contribution >= 4 is 68.2 Å². The molecule has 0 aromatic heterocycles. The molecule has 9 aromatic carbocycles. The molecule has 1 aliphatic heterocycles. The Morgan fingerprint density at radius 1 is 0.484 bits per heavy atom. The summed E-state index contributed by atoms with van der Waals surface area (Å²) in [6, 6.07) is 62.4. The van der Waals surface area contributed by atoms with E-state index in [9.17, 15) is 0 Å². The number of nitrogens with one attached hydrogen (secondary N) is 1. The van der Waals surface area contributed by atoms with Gasteiger partial charge in [0.2, 0.25) is 0 Å². The predicted molar refractivity (Wildman–Crippen MR) is 276 cm³/mol. The van der Waals surface area contributed by atoms with Gasteiger partial charge in [0, 0.05) is 44.8 Å². The lowest BCUT2D eigenvalue weighted by Gasteiger charge is -2.38. The van der Waals surface area contributed by atoms with Crippen molar-refractivity contribution in [2.24, 2.45) is 0 Å². The van der Waals surface area contributed by atoms with Crippen molar-refractivity contribution in [1.29, 1.82) is 0 Å². The summed E-state index contributed by atoms with van der Waals surface area (Å²) in [5.41, 5.74) is 24.6. The Morgan fingerprint density at radius 2 is 1.09 bits per heavy atom. The van der Waals surface area contributed by atoms with E-state index in [-0.39, 0.29) is 16.2 Å². The zero-order valence-electron chi connectivity index (χ0n) is 38.2. The maximum Gasteiger partial charge on any atom is 0.198 e. The Kier molecular flexibility index (Phi) is 8.24. The lowest BCUT2D eigenvalue weighted by Crippen LogP contribution is -2.41. The smallest absolute Gasteiger partial charge is 0.198 e. The van der Waals surface area contributed by atoms with Crippen molar-refractivity contribution in [3.05, 3.63) is 197 Å². The van der Waals surface area contributed by atoms with Gasteiger partial charge in [-0.25, -0.2) is 0 Å². The molecule has 0 spiro atoms. The summed E-state index contributed by atoms with van der Waals surface area (Å²) in [6.45, 7) is 18.7. The first kappa shape index (κ1) is 38.8. The third kappa shape index (κ3) is 5.66. The van der Waals surface area contributed by atoms with Gasteiger partial charge in [0.05, 0.1) is 0 Å². The fourth-order valence-corrected chi connectivity index (χ4v) is 11.6. The van der Waals surface area contributed by atoms with Gasteiger partial charge < -0.3 is 10.2 Å². The average molecular weight is 825 g/mol. The Labute approximate surface area is 378 Å². The largest absolute Gasteiger partial charge is 0.355 e. The van der Waals surface area contributed by atoms with Crippen molar-refractivity contribution < 1.29 is 0 Å². The summed E-state index contributed by atoms with van der Waals surface area (Å²) in [4.78, 5) is 2.61. The number of nitrogens with zero attached hydrogens (tertiary/aromatic N) is 1. The van der Waals surface area contributed by atoms with E-state index in [0.717, 1.165) is 18.7 Å². The minimum atomic E-state index is -0.117. The first-order valence-electron chi connectivity index (χ1n) is 23.1. The zero-order chi connectivity index (χ0) is 43.9. The quantitative estimate of drug-likeness (QED) is 0.178. The second kappa shape index (κ2) is 13.6. The number of aryl methyl sites for hydroxylation is 1. The second-order valence-electron chi connectivity index (χ2n) is 20.7. The molecule has 0 fully saturated rings. The molecule has 1 N–H and O–H groups in total. The van der Waals surface area contributed by atoms with Gasteiger partial charge in [-0.3, -0.25) is 0 Å². The van der Waals surface area contributed by atoms with E-state index >= 15 is 0 Å². The molecule has 0 atom stereocenters. The highest BCUT2D eigenvalue weighted by molar-refractivity contribution is 6.74. The highest BCUT2D eigenvalue weighted by Gasteiger charge is 2.39. The molecule has 0 amide bonds. The molecule has 0 saturated carbocycles. The number of fused-ring (bicyclic) bond motifs is 10. The number of anilines is 5. The predicted octanol–water partition coefficient (Wildman–Crippen LogP) is 14.8. The molecule has 9 aromatic rings. The molecular formula is C61H53BN2. The molecule has 64 heavy (non-hydrogen) atoms. The fraction of sp³-hybridized carbons (Fsp3) is 0.180. The van der Waals surface area contributed by atoms with Crippen LogP contribution >= 0.6 is 0 Å². The van der Waals surface area contributed by atoms with E-state index in [2.05, 4.69) is 229 Å². The molecule has 0 radical (unpaired) electrons. The first-order chi connectivity index (χ1) is 30.8. The minimum absolute atomic E-state index is 0.0406. The topological polar surface area (TPSA) is 15.3 Å². The van der Waals surface area contributed by atoms with Crippen LogP contribution in [0.25, 0.3) is 54.9 Å². The van der Waals surface area contributed by atoms with Gasteiger partial charge in [-0.05, 0) is 143 Å². The summed E-state index contributed by atoms with van der Waals surface area (Å²) in [5, 5.41) is 9.00. The first-order valence-corrected chi connectivity index (χ1v) is 23.1. The van der Waals surface area contributed by atoms with Gasteiger partial charge in [0.25, 0.3) is 0 Å². The minimum Gasteiger partial charge on any atom is -0.355 e. The normalized spacial score (nSPS) is 14.9. The maximum atomic E-state index is 4.05. The van der Waals surface area contributed by atoms with E-state index in [1.165, 1.54) is 116 Å². The molecule has 3 heteroatoms. The van der Waals surface area contributed by atoms with Crippen LogP contribution in [0.1, 0.15) is 81.8 Å². The summed E-state index contributed by atoms with van der Waals surface area (Å²) < 4.78 is 0. The molecule has 3 aliphatic rings. The fourth-order valence-electron chi connectivity index (χ4n) is 11.6. The van der Waals surface area contributed by atoms with Crippen molar-refractivity contribution in [2.45, 2.75) is 71.6 Å². The summed E-state index contributed by atoms with van der Waals surface area (Å²) in [5.74, 6) is 0.